The number of carbonyl (C=O) groups is 1. The van der Waals surface area contributed by atoms with Crippen molar-refractivity contribution in [2.45, 2.75) is 45.7 Å². The summed E-state index contributed by atoms with van der Waals surface area (Å²) in [6.07, 6.45) is 1.78. The third-order valence-corrected chi connectivity index (χ3v) is 6.10. The Bertz CT molecular complexity index is 654. The fraction of sp³-hybridized carbons (Fsp3) is 0.562. The van der Waals surface area contributed by atoms with Gasteiger partial charge in [0.05, 0.1) is 0 Å². The van der Waals surface area contributed by atoms with Crippen LogP contribution in [-0.2, 0) is 28.0 Å². The second-order valence-corrected chi connectivity index (χ2v) is 7.72. The fourth-order valence-corrected chi connectivity index (χ4v) is 4.90. The molecule has 6 nitrogen and oxygen atoms in total. The highest BCUT2D eigenvalue weighted by Gasteiger charge is 2.40. The largest absolute Gasteiger partial charge is 0.368 e. The second kappa shape index (κ2) is 7.42. The third-order valence-electron chi connectivity index (χ3n) is 4.10. The number of carbonyl (C=O) groups excluding carboxylic acids is 1. The van der Waals surface area contributed by atoms with Gasteiger partial charge in [-0.3, -0.25) is 4.79 Å². The molecule has 1 aliphatic heterocycles. The predicted octanol–water partition coefficient (Wildman–Crippen LogP) is 1.27. The topological polar surface area (TPSA) is 83.7 Å². The molecule has 128 valence electrons. The molecule has 0 aromatic heterocycles. The van der Waals surface area contributed by atoms with Crippen molar-refractivity contribution in [3.8, 4) is 0 Å². The highest BCUT2D eigenvalue weighted by atomic mass is 32.2. The normalized spacial score (nSPS) is 18.8. The van der Waals surface area contributed by atoms with E-state index < -0.39 is 22.2 Å². The predicted molar refractivity (Wildman–Crippen MR) is 89.7 cm³/mol. The van der Waals surface area contributed by atoms with Gasteiger partial charge < -0.3 is 5.73 Å². The molecule has 1 aromatic rings. The van der Waals surface area contributed by atoms with Crippen LogP contribution >= 0.6 is 0 Å². The first-order chi connectivity index (χ1) is 10.9. The first kappa shape index (κ1) is 17.9. The summed E-state index contributed by atoms with van der Waals surface area (Å²) in [7, 11) is -3.72. The molecule has 0 saturated carbocycles. The number of benzene rings is 1. The van der Waals surface area contributed by atoms with Gasteiger partial charge in [-0.2, -0.15) is 17.0 Å². The van der Waals surface area contributed by atoms with Gasteiger partial charge in [0.25, 0.3) is 10.2 Å². The van der Waals surface area contributed by atoms with Gasteiger partial charge in [-0.1, -0.05) is 38.1 Å². The third kappa shape index (κ3) is 3.73. The van der Waals surface area contributed by atoms with Crippen LogP contribution in [0.15, 0.2) is 24.3 Å². The molecule has 1 heterocycles. The molecule has 1 aliphatic rings. The van der Waals surface area contributed by atoms with Crippen LogP contribution in [0.3, 0.4) is 0 Å². The second-order valence-electron chi connectivity index (χ2n) is 5.84. The van der Waals surface area contributed by atoms with Crippen molar-refractivity contribution >= 4 is 16.1 Å². The smallest absolute Gasteiger partial charge is 0.283 e. The van der Waals surface area contributed by atoms with E-state index in [4.69, 9.17) is 5.73 Å². The summed E-state index contributed by atoms with van der Waals surface area (Å²) < 4.78 is 28.8. The number of rotatable bonds is 7. The van der Waals surface area contributed by atoms with Gasteiger partial charge in [-0.15, -0.1) is 0 Å². The van der Waals surface area contributed by atoms with Crippen molar-refractivity contribution in [3.63, 3.8) is 0 Å². The Hall–Kier alpha value is -1.44. The van der Waals surface area contributed by atoms with Crippen LogP contribution in [-0.4, -0.2) is 42.1 Å². The highest BCUT2D eigenvalue weighted by molar-refractivity contribution is 7.86. The van der Waals surface area contributed by atoms with Crippen LogP contribution in [0.1, 0.15) is 37.8 Å². The molecule has 2 N–H and O–H groups in total. The van der Waals surface area contributed by atoms with E-state index in [0.717, 1.165) is 24.0 Å². The Morgan fingerprint density at radius 3 is 2.30 bits per heavy atom. The lowest BCUT2D eigenvalue weighted by atomic mass is 9.96. The minimum Gasteiger partial charge on any atom is -0.368 e. The lowest BCUT2D eigenvalue weighted by Gasteiger charge is -2.37. The van der Waals surface area contributed by atoms with Crippen LogP contribution in [0.25, 0.3) is 0 Å². The molecule has 1 atom stereocenters. The van der Waals surface area contributed by atoms with Crippen LogP contribution in [0, 0.1) is 0 Å². The van der Waals surface area contributed by atoms with E-state index >= 15 is 0 Å². The van der Waals surface area contributed by atoms with E-state index in [0.29, 0.717) is 19.5 Å². The summed E-state index contributed by atoms with van der Waals surface area (Å²) in [5.41, 5.74) is 7.41. The number of primary amides is 1. The van der Waals surface area contributed by atoms with E-state index in [9.17, 15) is 13.2 Å². The molecule has 0 radical (unpaired) electrons. The van der Waals surface area contributed by atoms with Crippen molar-refractivity contribution in [3.05, 3.63) is 35.4 Å². The molecule has 0 bridgehead atoms. The van der Waals surface area contributed by atoms with E-state index in [1.54, 1.807) is 0 Å². The van der Waals surface area contributed by atoms with Gasteiger partial charge in [-0.05, 0) is 30.4 Å². The molecule has 0 saturated heterocycles. The van der Waals surface area contributed by atoms with E-state index in [2.05, 4.69) is 0 Å². The maximum atomic E-state index is 13.0. The summed E-state index contributed by atoms with van der Waals surface area (Å²) in [5, 5.41) is 0. The number of nitrogens with two attached hydrogens (primary N) is 1. The maximum Gasteiger partial charge on any atom is 0.283 e. The van der Waals surface area contributed by atoms with Gasteiger partial charge >= 0.3 is 0 Å². The highest BCUT2D eigenvalue weighted by Crippen LogP contribution is 2.27. The summed E-state index contributed by atoms with van der Waals surface area (Å²) in [6, 6.07) is 6.77. The van der Waals surface area contributed by atoms with Crippen LogP contribution < -0.4 is 5.73 Å². The first-order valence-corrected chi connectivity index (χ1v) is 9.44. The average molecular weight is 339 g/mol. The number of hydrogen-bond acceptors (Lipinski definition) is 3. The Kier molecular flexibility index (Phi) is 5.78. The van der Waals surface area contributed by atoms with E-state index in [1.807, 2.05) is 38.1 Å². The van der Waals surface area contributed by atoms with E-state index in [1.165, 1.54) is 8.61 Å². The number of nitrogens with zero attached hydrogens (tertiary/aromatic N) is 2. The molecule has 0 unspecified atom stereocenters. The molecule has 1 aromatic carbocycles. The van der Waals surface area contributed by atoms with E-state index in [-0.39, 0.29) is 6.54 Å². The summed E-state index contributed by atoms with van der Waals surface area (Å²) in [5.74, 6) is -0.601. The molecule has 2 rings (SSSR count). The van der Waals surface area contributed by atoms with Gasteiger partial charge in [0.15, 0.2) is 0 Å². The molecule has 7 heteroatoms. The van der Waals surface area contributed by atoms with Crippen molar-refractivity contribution in [2.75, 3.05) is 13.1 Å². The zero-order chi connectivity index (χ0) is 17.0. The van der Waals surface area contributed by atoms with Crippen molar-refractivity contribution in [1.29, 1.82) is 0 Å². The van der Waals surface area contributed by atoms with Crippen molar-refractivity contribution in [1.82, 2.24) is 8.61 Å². The Balaban J connectivity index is 2.39. The van der Waals surface area contributed by atoms with Gasteiger partial charge in [0.1, 0.15) is 6.04 Å². The fourth-order valence-electron chi connectivity index (χ4n) is 2.97. The monoisotopic (exact) mass is 339 g/mol. The Labute approximate surface area is 138 Å². The van der Waals surface area contributed by atoms with Crippen molar-refractivity contribution < 1.29 is 13.2 Å². The molecular formula is C16H25N3O3S. The molecule has 0 aliphatic carbocycles. The Morgan fingerprint density at radius 2 is 1.78 bits per heavy atom. The lowest BCUT2D eigenvalue weighted by Crippen LogP contribution is -2.55. The summed E-state index contributed by atoms with van der Waals surface area (Å²) >= 11 is 0. The minimum atomic E-state index is -3.72. The molecule has 23 heavy (non-hydrogen) atoms. The molecule has 0 spiro atoms. The lowest BCUT2D eigenvalue weighted by molar-refractivity contribution is -0.122. The molecular weight excluding hydrogens is 314 g/mol. The minimum absolute atomic E-state index is 0.191. The summed E-state index contributed by atoms with van der Waals surface area (Å²) in [6.45, 7) is 4.96. The number of fused-ring (bicyclic) bond motifs is 1. The SMILES string of the molecule is CCCN(CCC)S(=O)(=O)N1Cc2ccccc2C[C@@H]1C(N)=O. The summed E-state index contributed by atoms with van der Waals surface area (Å²) in [4.78, 5) is 11.9. The number of amides is 1. The average Bonchev–Trinajstić information content (AvgIpc) is 2.53. The van der Waals surface area contributed by atoms with Crippen LogP contribution in [0.5, 0.6) is 0 Å². The van der Waals surface area contributed by atoms with Crippen LogP contribution in [0.2, 0.25) is 0 Å². The zero-order valence-electron chi connectivity index (χ0n) is 13.7. The molecule has 0 fully saturated rings. The maximum absolute atomic E-state index is 13.0. The van der Waals surface area contributed by atoms with Gasteiger partial charge in [0.2, 0.25) is 5.91 Å². The molecule has 1 amide bonds. The first-order valence-electron chi connectivity index (χ1n) is 8.04. The van der Waals surface area contributed by atoms with Crippen molar-refractivity contribution in [2.24, 2.45) is 5.73 Å². The number of hydrogen-bond donors (Lipinski definition) is 1. The standard InChI is InChI=1S/C16H25N3O3S/c1-3-9-18(10-4-2)23(21,22)19-12-14-8-6-5-7-13(14)11-15(19)16(17)20/h5-8,15H,3-4,9-12H2,1-2H3,(H2,17,20)/t15-/m1/s1. The zero-order valence-corrected chi connectivity index (χ0v) is 14.6. The van der Waals surface area contributed by atoms with Crippen LogP contribution in [0.4, 0.5) is 0 Å². The van der Waals surface area contributed by atoms with Gasteiger partial charge in [-0.25, -0.2) is 0 Å². The Morgan fingerprint density at radius 1 is 1.22 bits per heavy atom. The quantitative estimate of drug-likeness (QED) is 0.812. The van der Waals surface area contributed by atoms with Gasteiger partial charge in [0, 0.05) is 19.6 Å².